The number of nitrogens with one attached hydrogen (secondary N) is 1. The van der Waals surface area contributed by atoms with Crippen molar-refractivity contribution in [2.75, 3.05) is 7.05 Å². The van der Waals surface area contributed by atoms with Gasteiger partial charge in [-0.25, -0.2) is 4.39 Å². The molecule has 0 heterocycles. The number of hydrogen-bond acceptors (Lipinski definition) is 2. The SMILES string of the molecule is CNC(C)c1cc(F)c(C)cc1Oc1ccc(C)cc1Cl. The van der Waals surface area contributed by atoms with Crippen LogP contribution in [-0.2, 0) is 0 Å². The van der Waals surface area contributed by atoms with Crippen LogP contribution < -0.4 is 10.1 Å². The van der Waals surface area contributed by atoms with Crippen molar-refractivity contribution < 1.29 is 9.13 Å². The van der Waals surface area contributed by atoms with E-state index in [1.54, 1.807) is 13.0 Å². The van der Waals surface area contributed by atoms with E-state index in [0.717, 1.165) is 11.1 Å². The quantitative estimate of drug-likeness (QED) is 0.841. The van der Waals surface area contributed by atoms with Gasteiger partial charge in [0.25, 0.3) is 0 Å². The molecule has 0 aromatic heterocycles. The summed E-state index contributed by atoms with van der Waals surface area (Å²) in [6.45, 7) is 5.63. The molecular weight excluding hydrogens is 289 g/mol. The maximum atomic E-state index is 13.8. The monoisotopic (exact) mass is 307 g/mol. The number of aryl methyl sites for hydroxylation is 2. The van der Waals surface area contributed by atoms with Crippen molar-refractivity contribution in [2.45, 2.75) is 26.8 Å². The molecule has 21 heavy (non-hydrogen) atoms. The first-order valence-electron chi connectivity index (χ1n) is 6.83. The Kier molecular flexibility index (Phi) is 4.86. The molecule has 0 radical (unpaired) electrons. The molecule has 0 aliphatic heterocycles. The fourth-order valence-corrected chi connectivity index (χ4v) is 2.33. The van der Waals surface area contributed by atoms with Crippen molar-refractivity contribution in [3.63, 3.8) is 0 Å². The van der Waals surface area contributed by atoms with Gasteiger partial charge in [-0.3, -0.25) is 0 Å². The first-order chi connectivity index (χ1) is 9.92. The summed E-state index contributed by atoms with van der Waals surface area (Å²) in [5, 5.41) is 3.64. The summed E-state index contributed by atoms with van der Waals surface area (Å²) < 4.78 is 19.7. The molecule has 0 amide bonds. The predicted molar refractivity (Wildman–Crippen MR) is 84.9 cm³/mol. The highest BCUT2D eigenvalue weighted by atomic mass is 35.5. The standard InChI is InChI=1S/C17H19ClFNO/c1-10-5-6-16(14(18)7-10)21-17-8-11(2)15(19)9-13(17)12(3)20-4/h5-9,12,20H,1-4H3. The number of benzene rings is 2. The third-order valence-electron chi connectivity index (χ3n) is 3.50. The molecule has 0 fully saturated rings. The van der Waals surface area contributed by atoms with Crippen molar-refractivity contribution in [1.29, 1.82) is 0 Å². The summed E-state index contributed by atoms with van der Waals surface area (Å²) in [6.07, 6.45) is 0. The third-order valence-corrected chi connectivity index (χ3v) is 3.79. The third kappa shape index (κ3) is 3.55. The molecule has 4 heteroatoms. The summed E-state index contributed by atoms with van der Waals surface area (Å²) in [6, 6.07) is 8.78. The van der Waals surface area contributed by atoms with Gasteiger partial charge in [0.15, 0.2) is 0 Å². The van der Waals surface area contributed by atoms with Gasteiger partial charge in [0.1, 0.15) is 17.3 Å². The van der Waals surface area contributed by atoms with Crippen LogP contribution in [0.2, 0.25) is 5.02 Å². The van der Waals surface area contributed by atoms with Crippen molar-refractivity contribution in [3.8, 4) is 11.5 Å². The largest absolute Gasteiger partial charge is 0.455 e. The Hall–Kier alpha value is -1.58. The Morgan fingerprint density at radius 1 is 1.14 bits per heavy atom. The van der Waals surface area contributed by atoms with E-state index < -0.39 is 0 Å². The van der Waals surface area contributed by atoms with Gasteiger partial charge in [0.05, 0.1) is 5.02 Å². The Labute approximate surface area is 129 Å². The average molecular weight is 308 g/mol. The van der Waals surface area contributed by atoms with E-state index in [2.05, 4.69) is 5.32 Å². The van der Waals surface area contributed by atoms with Crippen LogP contribution in [0.1, 0.15) is 29.7 Å². The smallest absolute Gasteiger partial charge is 0.146 e. The molecule has 1 unspecified atom stereocenters. The van der Waals surface area contributed by atoms with Gasteiger partial charge in [-0.15, -0.1) is 0 Å². The lowest BCUT2D eigenvalue weighted by atomic mass is 10.0. The molecule has 0 spiro atoms. The fraction of sp³-hybridized carbons (Fsp3) is 0.294. The average Bonchev–Trinajstić information content (AvgIpc) is 2.44. The van der Waals surface area contributed by atoms with Crippen molar-refractivity contribution in [3.05, 3.63) is 57.9 Å². The van der Waals surface area contributed by atoms with Gasteiger partial charge in [-0.1, -0.05) is 17.7 Å². The van der Waals surface area contributed by atoms with Crippen molar-refractivity contribution in [2.24, 2.45) is 0 Å². The molecule has 2 aromatic rings. The molecule has 2 nitrogen and oxygen atoms in total. The minimum Gasteiger partial charge on any atom is -0.455 e. The van der Waals surface area contributed by atoms with Crippen LogP contribution >= 0.6 is 11.6 Å². The van der Waals surface area contributed by atoms with Crippen LogP contribution in [0.5, 0.6) is 11.5 Å². The van der Waals surface area contributed by atoms with Crippen LogP contribution in [0.4, 0.5) is 4.39 Å². The highest BCUT2D eigenvalue weighted by molar-refractivity contribution is 6.32. The van der Waals surface area contributed by atoms with Crippen LogP contribution in [0.3, 0.4) is 0 Å². The number of halogens is 2. The molecule has 1 N–H and O–H groups in total. The zero-order valence-corrected chi connectivity index (χ0v) is 13.4. The normalized spacial score (nSPS) is 12.3. The summed E-state index contributed by atoms with van der Waals surface area (Å²) >= 11 is 6.20. The number of ether oxygens (including phenoxy) is 1. The van der Waals surface area contributed by atoms with E-state index in [1.807, 2.05) is 39.1 Å². The van der Waals surface area contributed by atoms with Crippen molar-refractivity contribution in [1.82, 2.24) is 5.32 Å². The lowest BCUT2D eigenvalue weighted by Gasteiger charge is -2.18. The second-order valence-corrected chi connectivity index (χ2v) is 5.59. The Morgan fingerprint density at radius 3 is 2.48 bits per heavy atom. The molecule has 2 rings (SSSR count). The van der Waals surface area contributed by atoms with Crippen LogP contribution in [0.15, 0.2) is 30.3 Å². The van der Waals surface area contributed by atoms with E-state index >= 15 is 0 Å². The fourth-order valence-electron chi connectivity index (χ4n) is 2.06. The molecular formula is C17H19ClFNO. The Balaban J connectivity index is 2.45. The van der Waals surface area contributed by atoms with E-state index in [1.165, 1.54) is 6.07 Å². The molecule has 0 aliphatic rings. The topological polar surface area (TPSA) is 21.3 Å². The maximum absolute atomic E-state index is 13.8. The molecule has 1 atom stereocenters. The second kappa shape index (κ2) is 6.46. The Morgan fingerprint density at radius 2 is 1.86 bits per heavy atom. The molecule has 0 bridgehead atoms. The first kappa shape index (κ1) is 15.8. The zero-order valence-electron chi connectivity index (χ0n) is 12.6. The van der Waals surface area contributed by atoms with Gasteiger partial charge in [-0.05, 0) is 63.2 Å². The number of hydrogen-bond donors (Lipinski definition) is 1. The highest BCUT2D eigenvalue weighted by Crippen LogP contribution is 2.35. The van der Waals surface area contributed by atoms with E-state index in [-0.39, 0.29) is 11.9 Å². The molecule has 0 saturated carbocycles. The van der Waals surface area contributed by atoms with Gasteiger partial charge < -0.3 is 10.1 Å². The molecule has 0 saturated heterocycles. The lowest BCUT2D eigenvalue weighted by molar-refractivity contribution is 0.462. The second-order valence-electron chi connectivity index (χ2n) is 5.19. The van der Waals surface area contributed by atoms with Crippen LogP contribution in [-0.4, -0.2) is 7.05 Å². The number of rotatable bonds is 4. The molecule has 0 aliphatic carbocycles. The van der Waals surface area contributed by atoms with Gasteiger partial charge in [-0.2, -0.15) is 0 Å². The molecule has 112 valence electrons. The van der Waals surface area contributed by atoms with Crippen LogP contribution in [0.25, 0.3) is 0 Å². The minimum absolute atomic E-state index is 0.0284. The highest BCUT2D eigenvalue weighted by Gasteiger charge is 2.15. The van der Waals surface area contributed by atoms with Crippen molar-refractivity contribution >= 4 is 11.6 Å². The summed E-state index contributed by atoms with van der Waals surface area (Å²) in [5.41, 5.74) is 2.36. The first-order valence-corrected chi connectivity index (χ1v) is 7.21. The zero-order chi connectivity index (χ0) is 15.6. The van der Waals surface area contributed by atoms with E-state index in [9.17, 15) is 4.39 Å². The lowest BCUT2D eigenvalue weighted by Crippen LogP contribution is -2.13. The summed E-state index contributed by atoms with van der Waals surface area (Å²) in [7, 11) is 1.82. The predicted octanol–water partition coefficient (Wildman–Crippen LogP) is 5.17. The summed E-state index contributed by atoms with van der Waals surface area (Å²) in [4.78, 5) is 0. The van der Waals surface area contributed by atoms with Crippen LogP contribution in [0, 0.1) is 19.7 Å². The van der Waals surface area contributed by atoms with E-state index in [4.69, 9.17) is 16.3 Å². The Bertz CT molecular complexity index is 657. The summed E-state index contributed by atoms with van der Waals surface area (Å²) in [5.74, 6) is 0.939. The van der Waals surface area contributed by atoms with E-state index in [0.29, 0.717) is 22.1 Å². The molecule has 2 aromatic carbocycles. The van der Waals surface area contributed by atoms with Gasteiger partial charge in [0.2, 0.25) is 0 Å². The maximum Gasteiger partial charge on any atom is 0.146 e. The van der Waals surface area contributed by atoms with Gasteiger partial charge in [0, 0.05) is 11.6 Å². The van der Waals surface area contributed by atoms with Gasteiger partial charge >= 0.3 is 0 Å². The minimum atomic E-state index is -0.241.